The van der Waals surface area contributed by atoms with Crippen LogP contribution in [0.25, 0.3) is 0 Å². The summed E-state index contributed by atoms with van der Waals surface area (Å²) in [5, 5.41) is 4.26. The average Bonchev–Trinajstić information content (AvgIpc) is 2.30. The molecular formula is C8H16N4. The van der Waals surface area contributed by atoms with Crippen LogP contribution in [0.5, 0.6) is 0 Å². The topological polar surface area (TPSA) is 56.7 Å². The van der Waals surface area contributed by atoms with Crippen molar-refractivity contribution >= 4 is 0 Å². The molecule has 2 N–H and O–H groups in total. The highest BCUT2D eigenvalue weighted by molar-refractivity contribution is 4.99. The number of hydrogen-bond donors (Lipinski definition) is 1. The molecule has 0 aliphatic heterocycles. The summed E-state index contributed by atoms with van der Waals surface area (Å²) in [5.41, 5.74) is 5.70. The van der Waals surface area contributed by atoms with Crippen LogP contribution < -0.4 is 5.73 Å². The fourth-order valence-corrected chi connectivity index (χ4v) is 1.06. The van der Waals surface area contributed by atoms with E-state index in [0.717, 1.165) is 11.6 Å². The normalized spacial score (nSPS) is 13.8. The maximum Gasteiger partial charge on any atom is 0.153 e. The van der Waals surface area contributed by atoms with E-state index in [1.165, 1.54) is 0 Å². The van der Waals surface area contributed by atoms with E-state index >= 15 is 0 Å². The minimum Gasteiger partial charge on any atom is -0.322 e. The minimum atomic E-state index is -0.0463. The number of aromatic nitrogens is 3. The van der Waals surface area contributed by atoms with E-state index in [1.54, 1.807) is 4.68 Å². The standard InChI is InChI=1S/C8H16N4/c1-5(2)7-10-8(6(3)9)12(4)11-7/h5-6H,9H2,1-4H3. The van der Waals surface area contributed by atoms with Crippen LogP contribution in [0.15, 0.2) is 0 Å². The maximum atomic E-state index is 5.70. The SMILES string of the molecule is CC(C)c1nc(C(C)N)n(C)n1. The van der Waals surface area contributed by atoms with Gasteiger partial charge in [0.15, 0.2) is 5.82 Å². The van der Waals surface area contributed by atoms with Crippen LogP contribution in [0.2, 0.25) is 0 Å². The second kappa shape index (κ2) is 3.23. The quantitative estimate of drug-likeness (QED) is 0.715. The summed E-state index contributed by atoms with van der Waals surface area (Å²) in [6, 6.07) is -0.0463. The van der Waals surface area contributed by atoms with Crippen molar-refractivity contribution in [2.24, 2.45) is 12.8 Å². The Balaban J connectivity index is 3.00. The summed E-state index contributed by atoms with van der Waals surface area (Å²) < 4.78 is 1.75. The third-order valence-corrected chi connectivity index (χ3v) is 1.74. The van der Waals surface area contributed by atoms with Crippen LogP contribution in [0, 0.1) is 0 Å². The van der Waals surface area contributed by atoms with Gasteiger partial charge < -0.3 is 5.73 Å². The third kappa shape index (κ3) is 1.64. The molecule has 1 aromatic rings. The van der Waals surface area contributed by atoms with Gasteiger partial charge in [0, 0.05) is 13.0 Å². The number of nitrogens with two attached hydrogens (primary N) is 1. The Morgan fingerprint density at radius 3 is 2.17 bits per heavy atom. The third-order valence-electron chi connectivity index (χ3n) is 1.74. The van der Waals surface area contributed by atoms with Crippen molar-refractivity contribution in [3.63, 3.8) is 0 Å². The first-order valence-corrected chi connectivity index (χ1v) is 4.18. The summed E-state index contributed by atoms with van der Waals surface area (Å²) in [4.78, 5) is 4.34. The Bertz CT molecular complexity index is 262. The largest absolute Gasteiger partial charge is 0.322 e. The lowest BCUT2D eigenvalue weighted by Gasteiger charge is -2.01. The van der Waals surface area contributed by atoms with Gasteiger partial charge in [-0.15, -0.1) is 0 Å². The van der Waals surface area contributed by atoms with Crippen LogP contribution in [0.3, 0.4) is 0 Å². The van der Waals surface area contributed by atoms with E-state index in [1.807, 2.05) is 14.0 Å². The summed E-state index contributed by atoms with van der Waals surface area (Å²) in [6.45, 7) is 6.05. The van der Waals surface area contributed by atoms with Crippen molar-refractivity contribution < 1.29 is 0 Å². The van der Waals surface area contributed by atoms with Gasteiger partial charge in [0.2, 0.25) is 0 Å². The Labute approximate surface area is 72.8 Å². The van der Waals surface area contributed by atoms with Crippen LogP contribution in [-0.4, -0.2) is 14.8 Å². The number of nitrogens with zero attached hydrogens (tertiary/aromatic N) is 3. The molecule has 0 spiro atoms. The Kier molecular flexibility index (Phi) is 2.47. The second-order valence-electron chi connectivity index (χ2n) is 3.40. The van der Waals surface area contributed by atoms with E-state index in [-0.39, 0.29) is 6.04 Å². The Hall–Kier alpha value is -0.900. The number of hydrogen-bond acceptors (Lipinski definition) is 3. The van der Waals surface area contributed by atoms with Gasteiger partial charge in [0.25, 0.3) is 0 Å². The van der Waals surface area contributed by atoms with Crippen molar-refractivity contribution in [2.45, 2.75) is 32.7 Å². The molecule has 68 valence electrons. The molecule has 0 bridgehead atoms. The second-order valence-corrected chi connectivity index (χ2v) is 3.40. The number of aryl methyl sites for hydroxylation is 1. The zero-order valence-corrected chi connectivity index (χ0v) is 8.07. The fourth-order valence-electron chi connectivity index (χ4n) is 1.06. The van der Waals surface area contributed by atoms with Gasteiger partial charge >= 0.3 is 0 Å². The molecule has 0 saturated carbocycles. The van der Waals surface area contributed by atoms with Gasteiger partial charge in [0.1, 0.15) is 5.82 Å². The van der Waals surface area contributed by atoms with Crippen LogP contribution in [0.1, 0.15) is 44.4 Å². The van der Waals surface area contributed by atoms with Gasteiger partial charge in [-0.3, -0.25) is 4.68 Å². The molecule has 0 aromatic carbocycles. The van der Waals surface area contributed by atoms with E-state index in [2.05, 4.69) is 23.9 Å². The molecule has 1 aromatic heterocycles. The zero-order chi connectivity index (χ0) is 9.30. The van der Waals surface area contributed by atoms with E-state index in [4.69, 9.17) is 5.73 Å². The van der Waals surface area contributed by atoms with Gasteiger partial charge in [0.05, 0.1) is 6.04 Å². The van der Waals surface area contributed by atoms with Gasteiger partial charge in [-0.1, -0.05) is 13.8 Å². The monoisotopic (exact) mass is 168 g/mol. The highest BCUT2D eigenvalue weighted by Gasteiger charge is 2.12. The van der Waals surface area contributed by atoms with E-state index in [0.29, 0.717) is 5.92 Å². The molecule has 1 heterocycles. The van der Waals surface area contributed by atoms with Crippen molar-refractivity contribution in [1.29, 1.82) is 0 Å². The first-order chi connectivity index (χ1) is 5.52. The van der Waals surface area contributed by atoms with Crippen LogP contribution in [-0.2, 0) is 7.05 Å². The average molecular weight is 168 g/mol. The highest BCUT2D eigenvalue weighted by Crippen LogP contribution is 2.12. The fraction of sp³-hybridized carbons (Fsp3) is 0.750. The molecule has 0 fully saturated rings. The molecule has 0 aliphatic rings. The molecule has 4 heteroatoms. The van der Waals surface area contributed by atoms with E-state index < -0.39 is 0 Å². The summed E-state index contributed by atoms with van der Waals surface area (Å²) >= 11 is 0. The zero-order valence-electron chi connectivity index (χ0n) is 8.07. The molecule has 1 rings (SSSR count). The van der Waals surface area contributed by atoms with Crippen molar-refractivity contribution in [2.75, 3.05) is 0 Å². The Morgan fingerprint density at radius 2 is 1.92 bits per heavy atom. The minimum absolute atomic E-state index is 0.0463. The summed E-state index contributed by atoms with van der Waals surface area (Å²) in [6.07, 6.45) is 0. The predicted octanol–water partition coefficient (Wildman–Crippen LogP) is 0.958. The van der Waals surface area contributed by atoms with Crippen molar-refractivity contribution in [1.82, 2.24) is 14.8 Å². The van der Waals surface area contributed by atoms with Crippen molar-refractivity contribution in [3.8, 4) is 0 Å². The number of rotatable bonds is 2. The molecule has 0 aliphatic carbocycles. The molecular weight excluding hydrogens is 152 g/mol. The highest BCUT2D eigenvalue weighted by atomic mass is 15.3. The lowest BCUT2D eigenvalue weighted by molar-refractivity contribution is 0.635. The molecule has 1 unspecified atom stereocenters. The predicted molar refractivity (Wildman–Crippen MR) is 47.7 cm³/mol. The molecule has 12 heavy (non-hydrogen) atoms. The Morgan fingerprint density at radius 1 is 1.33 bits per heavy atom. The molecule has 0 radical (unpaired) electrons. The lowest BCUT2D eigenvalue weighted by Crippen LogP contribution is -2.11. The van der Waals surface area contributed by atoms with E-state index in [9.17, 15) is 0 Å². The molecule has 0 saturated heterocycles. The maximum absolute atomic E-state index is 5.70. The first kappa shape index (κ1) is 9.19. The summed E-state index contributed by atoms with van der Waals surface area (Å²) in [7, 11) is 1.87. The smallest absolute Gasteiger partial charge is 0.153 e. The van der Waals surface area contributed by atoms with Crippen LogP contribution in [0.4, 0.5) is 0 Å². The first-order valence-electron chi connectivity index (χ1n) is 4.18. The molecule has 4 nitrogen and oxygen atoms in total. The van der Waals surface area contributed by atoms with Gasteiger partial charge in [-0.2, -0.15) is 5.10 Å². The van der Waals surface area contributed by atoms with Gasteiger partial charge in [-0.25, -0.2) is 4.98 Å². The van der Waals surface area contributed by atoms with Crippen LogP contribution >= 0.6 is 0 Å². The molecule has 1 atom stereocenters. The molecule has 0 amide bonds. The van der Waals surface area contributed by atoms with Gasteiger partial charge in [-0.05, 0) is 6.92 Å². The van der Waals surface area contributed by atoms with Crippen molar-refractivity contribution in [3.05, 3.63) is 11.6 Å². The summed E-state index contributed by atoms with van der Waals surface area (Å²) in [5.74, 6) is 2.08. The lowest BCUT2D eigenvalue weighted by atomic mass is 10.2.